The minimum Gasteiger partial charge on any atom is -0.479 e. The highest BCUT2D eigenvalue weighted by Gasteiger charge is 2.40. The van der Waals surface area contributed by atoms with E-state index in [1.807, 2.05) is 27.7 Å². The highest BCUT2D eigenvalue weighted by atomic mass is 17.2. The van der Waals surface area contributed by atoms with E-state index >= 15 is 0 Å². The van der Waals surface area contributed by atoms with Gasteiger partial charge >= 0.3 is 5.97 Å². The summed E-state index contributed by atoms with van der Waals surface area (Å²) in [5, 5.41) is 9.24. The van der Waals surface area contributed by atoms with Gasteiger partial charge in [-0.05, 0) is 33.6 Å². The molecule has 0 unspecified atom stereocenters. The summed E-state index contributed by atoms with van der Waals surface area (Å²) in [6.07, 6.45) is 2.63. The van der Waals surface area contributed by atoms with Crippen molar-refractivity contribution in [2.75, 3.05) is 0 Å². The molecule has 0 saturated heterocycles. The van der Waals surface area contributed by atoms with Crippen LogP contribution in [0, 0.1) is 0 Å². The number of carboxylic acid groups (broad SMARTS) is 1. The lowest BCUT2D eigenvalue weighted by atomic mass is 9.94. The summed E-state index contributed by atoms with van der Waals surface area (Å²) in [5.41, 5.74) is -1.70. The molecule has 1 N–H and O–H groups in total. The van der Waals surface area contributed by atoms with Gasteiger partial charge in [0.2, 0.25) is 0 Å². The van der Waals surface area contributed by atoms with Crippen LogP contribution in [0.15, 0.2) is 0 Å². The van der Waals surface area contributed by atoms with Gasteiger partial charge in [-0.1, -0.05) is 26.7 Å². The average Bonchev–Trinajstić information content (AvgIpc) is 2.17. The fraction of sp³-hybridized carbons (Fsp3) is 0.917. The van der Waals surface area contributed by atoms with E-state index in [9.17, 15) is 9.90 Å². The van der Waals surface area contributed by atoms with Crippen molar-refractivity contribution in [2.24, 2.45) is 0 Å². The second kappa shape index (κ2) is 6.21. The smallest absolute Gasteiger partial charge is 0.339 e. The Kier molecular flexibility index (Phi) is 5.97. The molecule has 0 heterocycles. The second-order valence-electron chi connectivity index (χ2n) is 5.04. The van der Waals surface area contributed by atoms with Gasteiger partial charge < -0.3 is 5.11 Å². The van der Waals surface area contributed by atoms with Crippen LogP contribution in [0.3, 0.4) is 0 Å². The number of hydrogen-bond acceptors (Lipinski definition) is 3. The van der Waals surface area contributed by atoms with E-state index < -0.39 is 17.2 Å². The van der Waals surface area contributed by atoms with Crippen molar-refractivity contribution in [3.63, 3.8) is 0 Å². The van der Waals surface area contributed by atoms with Crippen LogP contribution in [0.5, 0.6) is 0 Å². The molecule has 1 atom stereocenters. The summed E-state index contributed by atoms with van der Waals surface area (Å²) in [6, 6.07) is 0. The van der Waals surface area contributed by atoms with E-state index in [0.717, 1.165) is 12.8 Å². The molecule has 0 aromatic carbocycles. The average molecular weight is 232 g/mol. The molecule has 0 aliphatic rings. The van der Waals surface area contributed by atoms with Gasteiger partial charge in [0.1, 0.15) is 0 Å². The van der Waals surface area contributed by atoms with Crippen molar-refractivity contribution in [3.05, 3.63) is 0 Å². The lowest BCUT2D eigenvalue weighted by Crippen LogP contribution is -2.43. The molecular formula is C12H24O4. The number of hydrogen-bond donors (Lipinski definition) is 1. The van der Waals surface area contributed by atoms with Gasteiger partial charge in [-0.2, -0.15) is 0 Å². The number of aliphatic carboxylic acids is 1. The second-order valence-corrected chi connectivity index (χ2v) is 5.04. The topological polar surface area (TPSA) is 55.8 Å². The van der Waals surface area contributed by atoms with Crippen LogP contribution in [0.25, 0.3) is 0 Å². The fourth-order valence-electron chi connectivity index (χ4n) is 1.24. The zero-order valence-electron chi connectivity index (χ0n) is 11.0. The first-order valence-electron chi connectivity index (χ1n) is 5.87. The van der Waals surface area contributed by atoms with Crippen molar-refractivity contribution in [3.8, 4) is 0 Å². The Morgan fingerprint density at radius 2 is 1.75 bits per heavy atom. The molecule has 0 saturated carbocycles. The van der Waals surface area contributed by atoms with Gasteiger partial charge in [0.25, 0.3) is 0 Å². The zero-order valence-corrected chi connectivity index (χ0v) is 11.0. The lowest BCUT2D eigenvalue weighted by Gasteiger charge is -2.30. The van der Waals surface area contributed by atoms with Crippen LogP contribution in [0.1, 0.15) is 60.3 Å². The summed E-state index contributed by atoms with van der Waals surface area (Å²) in [6.45, 7) is 9.31. The van der Waals surface area contributed by atoms with Crippen LogP contribution < -0.4 is 0 Å². The Bertz CT molecular complexity index is 220. The Balaban J connectivity index is 4.57. The Morgan fingerprint density at radius 1 is 1.19 bits per heavy atom. The Morgan fingerprint density at radius 3 is 2.06 bits per heavy atom. The van der Waals surface area contributed by atoms with E-state index in [4.69, 9.17) is 9.78 Å². The number of rotatable bonds is 7. The molecule has 0 aromatic heterocycles. The molecule has 4 heteroatoms. The Hall–Kier alpha value is -0.610. The van der Waals surface area contributed by atoms with Crippen LogP contribution in [-0.4, -0.2) is 22.3 Å². The monoisotopic (exact) mass is 232 g/mol. The van der Waals surface area contributed by atoms with Crippen molar-refractivity contribution in [1.82, 2.24) is 0 Å². The van der Waals surface area contributed by atoms with Crippen LogP contribution in [-0.2, 0) is 14.6 Å². The maximum atomic E-state index is 11.3. The predicted octanol–water partition coefficient (Wildman–Crippen LogP) is 3.16. The molecule has 4 nitrogen and oxygen atoms in total. The molecule has 16 heavy (non-hydrogen) atoms. The molecule has 0 aliphatic carbocycles. The first-order chi connectivity index (χ1) is 7.27. The van der Waals surface area contributed by atoms with Crippen molar-refractivity contribution in [2.45, 2.75) is 71.5 Å². The molecule has 96 valence electrons. The zero-order chi connectivity index (χ0) is 12.8. The third-order valence-corrected chi connectivity index (χ3v) is 2.35. The molecule has 0 aliphatic heterocycles. The highest BCUT2D eigenvalue weighted by molar-refractivity contribution is 5.77. The summed E-state index contributed by atoms with van der Waals surface area (Å²) in [7, 11) is 0. The van der Waals surface area contributed by atoms with Gasteiger partial charge in [-0.3, -0.25) is 0 Å². The first-order valence-corrected chi connectivity index (χ1v) is 5.87. The minimum absolute atomic E-state index is 0.401. The lowest BCUT2D eigenvalue weighted by molar-refractivity contribution is -0.398. The molecule has 0 radical (unpaired) electrons. The van der Waals surface area contributed by atoms with Crippen molar-refractivity contribution >= 4 is 5.97 Å². The fourth-order valence-corrected chi connectivity index (χ4v) is 1.24. The van der Waals surface area contributed by atoms with Crippen LogP contribution in [0.2, 0.25) is 0 Å². The highest BCUT2D eigenvalue weighted by Crippen LogP contribution is 2.26. The standard InChI is InChI=1S/C12H24O4/c1-6-8-9-12(7-2,10(13)14)16-15-11(3,4)5/h6-9H2,1-5H3,(H,13,14)/t12-/m0/s1. The summed E-state index contributed by atoms with van der Waals surface area (Å²) in [5.74, 6) is -0.951. The van der Waals surface area contributed by atoms with Gasteiger partial charge in [0, 0.05) is 0 Å². The quantitative estimate of drug-likeness (QED) is 0.541. The SMILES string of the molecule is CCCC[C@](CC)(OOC(C)(C)C)C(=O)O. The normalized spacial score (nSPS) is 15.8. The van der Waals surface area contributed by atoms with Crippen LogP contribution >= 0.6 is 0 Å². The molecule has 0 spiro atoms. The maximum Gasteiger partial charge on any atom is 0.339 e. The number of carbonyl (C=O) groups is 1. The molecule has 0 rings (SSSR count). The molecule has 0 aromatic rings. The van der Waals surface area contributed by atoms with Crippen molar-refractivity contribution in [1.29, 1.82) is 0 Å². The largest absolute Gasteiger partial charge is 0.479 e. The molecule has 0 fully saturated rings. The number of carboxylic acids is 1. The predicted molar refractivity (Wildman–Crippen MR) is 62.1 cm³/mol. The molecule has 0 amide bonds. The van der Waals surface area contributed by atoms with E-state index in [2.05, 4.69) is 0 Å². The van der Waals surface area contributed by atoms with Crippen molar-refractivity contribution < 1.29 is 19.7 Å². The van der Waals surface area contributed by atoms with E-state index in [0.29, 0.717) is 12.8 Å². The van der Waals surface area contributed by atoms with E-state index in [1.165, 1.54) is 0 Å². The third-order valence-electron chi connectivity index (χ3n) is 2.35. The van der Waals surface area contributed by atoms with E-state index in [1.54, 1.807) is 6.92 Å². The minimum atomic E-state index is -1.21. The molecule has 0 bridgehead atoms. The van der Waals surface area contributed by atoms with Gasteiger partial charge in [0.05, 0.1) is 5.60 Å². The maximum absolute atomic E-state index is 11.3. The first kappa shape index (κ1) is 15.4. The summed E-state index contributed by atoms with van der Waals surface area (Å²) in [4.78, 5) is 21.6. The summed E-state index contributed by atoms with van der Waals surface area (Å²) >= 11 is 0. The van der Waals surface area contributed by atoms with Gasteiger partial charge in [0.15, 0.2) is 5.60 Å². The third kappa shape index (κ3) is 4.94. The van der Waals surface area contributed by atoms with Gasteiger partial charge in [-0.15, -0.1) is 0 Å². The number of unbranched alkanes of at least 4 members (excludes halogenated alkanes) is 1. The van der Waals surface area contributed by atoms with E-state index in [-0.39, 0.29) is 0 Å². The Labute approximate surface area is 97.9 Å². The van der Waals surface area contributed by atoms with Gasteiger partial charge in [-0.25, -0.2) is 14.6 Å². The summed E-state index contributed by atoms with van der Waals surface area (Å²) < 4.78 is 0. The molecular weight excluding hydrogens is 208 g/mol. The van der Waals surface area contributed by atoms with Crippen LogP contribution in [0.4, 0.5) is 0 Å².